The van der Waals surface area contributed by atoms with Crippen LogP contribution in [0.3, 0.4) is 0 Å². The molecule has 3 rings (SSSR count). The number of anilines is 1. The maximum atomic E-state index is 12.4. The zero-order valence-electron chi connectivity index (χ0n) is 14.9. The highest BCUT2D eigenvalue weighted by atomic mass is 16.5. The molecule has 1 fully saturated rings. The highest BCUT2D eigenvalue weighted by Crippen LogP contribution is 2.33. The van der Waals surface area contributed by atoms with Crippen molar-refractivity contribution in [2.24, 2.45) is 0 Å². The number of carbonyl (C=O) groups excluding carboxylic acids is 2. The van der Waals surface area contributed by atoms with Crippen molar-refractivity contribution in [3.63, 3.8) is 0 Å². The first-order valence-corrected chi connectivity index (χ1v) is 8.46. The average Bonchev–Trinajstić information content (AvgIpc) is 3.01. The summed E-state index contributed by atoms with van der Waals surface area (Å²) in [5.41, 5.74) is 1.68. The Morgan fingerprint density at radius 3 is 2.54 bits per heavy atom. The Bertz CT molecular complexity index is 792. The zero-order chi connectivity index (χ0) is 18.5. The van der Waals surface area contributed by atoms with E-state index in [1.165, 1.54) is 0 Å². The van der Waals surface area contributed by atoms with E-state index in [0.717, 1.165) is 11.3 Å². The molecular weight excluding hydrogens is 332 g/mol. The van der Waals surface area contributed by atoms with Gasteiger partial charge in [0.15, 0.2) is 11.5 Å². The van der Waals surface area contributed by atoms with Gasteiger partial charge in [-0.25, -0.2) is 0 Å². The predicted molar refractivity (Wildman–Crippen MR) is 98.6 cm³/mol. The Balaban J connectivity index is 1.64. The van der Waals surface area contributed by atoms with E-state index in [0.29, 0.717) is 24.5 Å². The molecule has 26 heavy (non-hydrogen) atoms. The largest absolute Gasteiger partial charge is 0.493 e. The lowest BCUT2D eigenvalue weighted by Crippen LogP contribution is -2.38. The fourth-order valence-corrected chi connectivity index (χ4v) is 3.11. The first-order chi connectivity index (χ1) is 12.6. The fourth-order valence-electron chi connectivity index (χ4n) is 3.11. The summed E-state index contributed by atoms with van der Waals surface area (Å²) in [7, 11) is 3.12. The van der Waals surface area contributed by atoms with Crippen molar-refractivity contribution in [2.75, 3.05) is 25.7 Å². The molecule has 1 N–H and O–H groups in total. The summed E-state index contributed by atoms with van der Waals surface area (Å²) in [6.07, 6.45) is 0.594. The first-order valence-electron chi connectivity index (χ1n) is 8.46. The van der Waals surface area contributed by atoms with Gasteiger partial charge < -0.3 is 19.7 Å². The average molecular weight is 354 g/mol. The van der Waals surface area contributed by atoms with Gasteiger partial charge in [-0.1, -0.05) is 30.3 Å². The molecule has 0 spiro atoms. The molecule has 0 unspecified atom stereocenters. The Hall–Kier alpha value is -3.02. The number of rotatable bonds is 6. The predicted octanol–water partition coefficient (Wildman–Crippen LogP) is 2.17. The van der Waals surface area contributed by atoms with Crippen molar-refractivity contribution in [3.8, 4) is 11.5 Å². The summed E-state index contributed by atoms with van der Waals surface area (Å²) >= 11 is 0. The normalized spacial score (nSPS) is 16.5. The zero-order valence-corrected chi connectivity index (χ0v) is 14.9. The van der Waals surface area contributed by atoms with Crippen LogP contribution in [0.15, 0.2) is 48.5 Å². The van der Waals surface area contributed by atoms with E-state index < -0.39 is 0 Å². The molecule has 0 saturated carbocycles. The fraction of sp³-hybridized carbons (Fsp3) is 0.300. The van der Waals surface area contributed by atoms with Crippen LogP contribution in [0.2, 0.25) is 0 Å². The molecule has 1 aliphatic heterocycles. The molecule has 1 atom stereocenters. The van der Waals surface area contributed by atoms with Crippen molar-refractivity contribution in [2.45, 2.75) is 18.9 Å². The maximum absolute atomic E-state index is 12.4. The van der Waals surface area contributed by atoms with Crippen LogP contribution in [0.5, 0.6) is 11.5 Å². The van der Waals surface area contributed by atoms with Gasteiger partial charge in [-0.15, -0.1) is 0 Å². The highest BCUT2D eigenvalue weighted by Gasteiger charge is 2.32. The first kappa shape index (κ1) is 17.8. The van der Waals surface area contributed by atoms with Crippen LogP contribution in [0.4, 0.5) is 5.69 Å². The smallest absolute Gasteiger partial charge is 0.229 e. The third kappa shape index (κ3) is 3.96. The van der Waals surface area contributed by atoms with Crippen LogP contribution >= 0.6 is 0 Å². The minimum absolute atomic E-state index is 0.0257. The third-order valence-electron chi connectivity index (χ3n) is 4.38. The number of nitrogens with zero attached hydrogens (tertiary/aromatic N) is 1. The summed E-state index contributed by atoms with van der Waals surface area (Å²) in [6, 6.07) is 14.7. The standard InChI is InChI=1S/C20H22N2O4/c1-25-17-9-8-16(12-18(17)26-2)22-13-15(11-20(22)24)21-19(23)10-14-6-4-3-5-7-14/h3-9,12,15H,10-11,13H2,1-2H3,(H,21,23)/t15-/m0/s1. The molecule has 6 nitrogen and oxygen atoms in total. The van der Waals surface area contributed by atoms with Crippen LogP contribution in [-0.2, 0) is 16.0 Å². The topological polar surface area (TPSA) is 67.9 Å². The second kappa shape index (κ2) is 7.91. The summed E-state index contributed by atoms with van der Waals surface area (Å²) in [6.45, 7) is 0.439. The molecule has 0 aromatic heterocycles. The van der Waals surface area contributed by atoms with Crippen LogP contribution in [0.1, 0.15) is 12.0 Å². The van der Waals surface area contributed by atoms with E-state index in [4.69, 9.17) is 9.47 Å². The van der Waals surface area contributed by atoms with Crippen molar-refractivity contribution >= 4 is 17.5 Å². The minimum Gasteiger partial charge on any atom is -0.493 e. The molecule has 136 valence electrons. The molecule has 0 radical (unpaired) electrons. The van der Waals surface area contributed by atoms with Crippen LogP contribution < -0.4 is 19.7 Å². The van der Waals surface area contributed by atoms with E-state index in [1.807, 2.05) is 36.4 Å². The molecule has 2 amide bonds. The third-order valence-corrected chi connectivity index (χ3v) is 4.38. The monoisotopic (exact) mass is 354 g/mol. The number of ether oxygens (including phenoxy) is 2. The summed E-state index contributed by atoms with van der Waals surface area (Å²) in [5, 5.41) is 2.95. The molecular formula is C20H22N2O4. The van der Waals surface area contributed by atoms with Crippen molar-refractivity contribution < 1.29 is 19.1 Å². The SMILES string of the molecule is COc1ccc(N2C[C@@H](NC(=O)Cc3ccccc3)CC2=O)cc1OC. The lowest BCUT2D eigenvalue weighted by atomic mass is 10.1. The molecule has 6 heteroatoms. The van der Waals surface area contributed by atoms with Gasteiger partial charge in [0, 0.05) is 24.7 Å². The van der Waals surface area contributed by atoms with Gasteiger partial charge in [-0.3, -0.25) is 9.59 Å². The minimum atomic E-state index is -0.202. The van der Waals surface area contributed by atoms with Gasteiger partial charge >= 0.3 is 0 Å². The van der Waals surface area contributed by atoms with E-state index in [-0.39, 0.29) is 24.3 Å². The van der Waals surface area contributed by atoms with E-state index >= 15 is 0 Å². The Morgan fingerprint density at radius 2 is 1.85 bits per heavy atom. The lowest BCUT2D eigenvalue weighted by Gasteiger charge is -2.19. The van der Waals surface area contributed by atoms with Crippen molar-refractivity contribution in [1.82, 2.24) is 5.32 Å². The molecule has 1 heterocycles. The Morgan fingerprint density at radius 1 is 1.12 bits per heavy atom. The number of hydrogen-bond donors (Lipinski definition) is 1. The van der Waals surface area contributed by atoms with Crippen molar-refractivity contribution in [3.05, 3.63) is 54.1 Å². The van der Waals surface area contributed by atoms with Gasteiger partial charge in [0.2, 0.25) is 11.8 Å². The van der Waals surface area contributed by atoms with E-state index in [2.05, 4.69) is 5.32 Å². The summed E-state index contributed by atoms with van der Waals surface area (Å²) < 4.78 is 10.5. The van der Waals surface area contributed by atoms with E-state index in [9.17, 15) is 9.59 Å². The second-order valence-corrected chi connectivity index (χ2v) is 6.17. The molecule has 0 bridgehead atoms. The van der Waals surface area contributed by atoms with Crippen LogP contribution in [0, 0.1) is 0 Å². The van der Waals surface area contributed by atoms with Crippen molar-refractivity contribution in [1.29, 1.82) is 0 Å². The summed E-state index contributed by atoms with van der Waals surface area (Å²) in [4.78, 5) is 26.3. The Labute approximate surface area is 152 Å². The maximum Gasteiger partial charge on any atom is 0.229 e. The number of methoxy groups -OCH3 is 2. The molecule has 1 aliphatic rings. The van der Waals surface area contributed by atoms with Gasteiger partial charge in [0.05, 0.1) is 26.7 Å². The number of amides is 2. The Kier molecular flexibility index (Phi) is 5.41. The van der Waals surface area contributed by atoms with E-state index in [1.54, 1.807) is 31.3 Å². The quantitative estimate of drug-likeness (QED) is 0.863. The molecule has 0 aliphatic carbocycles. The highest BCUT2D eigenvalue weighted by molar-refractivity contribution is 5.97. The molecule has 1 saturated heterocycles. The van der Waals surface area contributed by atoms with Gasteiger partial charge in [0.1, 0.15) is 0 Å². The number of carbonyl (C=O) groups is 2. The van der Waals surface area contributed by atoms with Crippen LogP contribution in [-0.4, -0.2) is 38.6 Å². The second-order valence-electron chi connectivity index (χ2n) is 6.17. The number of benzene rings is 2. The molecule has 2 aromatic rings. The number of hydrogen-bond acceptors (Lipinski definition) is 4. The van der Waals surface area contributed by atoms with Gasteiger partial charge in [0.25, 0.3) is 0 Å². The summed E-state index contributed by atoms with van der Waals surface area (Å²) in [5.74, 6) is 1.07. The number of nitrogens with one attached hydrogen (secondary N) is 1. The van der Waals surface area contributed by atoms with Gasteiger partial charge in [-0.2, -0.15) is 0 Å². The lowest BCUT2D eigenvalue weighted by molar-refractivity contribution is -0.121. The molecule has 2 aromatic carbocycles. The van der Waals surface area contributed by atoms with Crippen LogP contribution in [0.25, 0.3) is 0 Å². The van der Waals surface area contributed by atoms with Gasteiger partial charge in [-0.05, 0) is 17.7 Å².